The van der Waals surface area contributed by atoms with Crippen molar-refractivity contribution >= 4 is 33.2 Å². The second kappa shape index (κ2) is 5.21. The van der Waals surface area contributed by atoms with Gasteiger partial charge in [-0.25, -0.2) is 9.44 Å². The Kier molecular flexibility index (Phi) is 3.80. The molecule has 19 heavy (non-hydrogen) atoms. The van der Waals surface area contributed by atoms with E-state index >= 15 is 0 Å². The molecule has 2 rings (SSSR count). The quantitative estimate of drug-likeness (QED) is 0.946. The van der Waals surface area contributed by atoms with E-state index in [4.69, 9.17) is 16.7 Å². The summed E-state index contributed by atoms with van der Waals surface area (Å²) in [7, 11) is -3.93. The first kappa shape index (κ1) is 13.9. The van der Waals surface area contributed by atoms with Crippen LogP contribution in [0.15, 0.2) is 48.5 Å². The van der Waals surface area contributed by atoms with E-state index in [1.54, 1.807) is 36.4 Å². The van der Waals surface area contributed by atoms with Crippen molar-refractivity contribution < 1.29 is 8.42 Å². The number of benzene rings is 2. The molecule has 0 saturated heterocycles. The lowest BCUT2D eigenvalue weighted by atomic mass is 10.2. The molecule has 0 radical (unpaired) electrons. The zero-order valence-electron chi connectivity index (χ0n) is 10.2. The number of halogens is 1. The van der Waals surface area contributed by atoms with E-state index < -0.39 is 10.2 Å². The lowest BCUT2D eigenvalue weighted by molar-refractivity contribution is 0.598. The summed E-state index contributed by atoms with van der Waals surface area (Å²) >= 11 is 5.89. The van der Waals surface area contributed by atoms with Crippen LogP contribution in [0.3, 0.4) is 0 Å². The minimum atomic E-state index is -3.93. The average molecular weight is 297 g/mol. The molecule has 0 spiro atoms. The lowest BCUT2D eigenvalue weighted by Crippen LogP contribution is -2.32. The average Bonchev–Trinajstić information content (AvgIpc) is 2.30. The maximum absolute atomic E-state index is 11.8. The van der Waals surface area contributed by atoms with Gasteiger partial charge >= 0.3 is 10.2 Å². The van der Waals surface area contributed by atoms with Gasteiger partial charge in [-0.2, -0.15) is 8.42 Å². The summed E-state index contributed by atoms with van der Waals surface area (Å²) in [5, 5.41) is 5.73. The van der Waals surface area contributed by atoms with Crippen molar-refractivity contribution in [2.24, 2.45) is 5.14 Å². The maximum atomic E-state index is 11.8. The number of anilines is 2. The number of aryl methyl sites for hydroxylation is 1. The maximum Gasteiger partial charge on any atom is 0.303 e. The van der Waals surface area contributed by atoms with Crippen molar-refractivity contribution in [3.63, 3.8) is 0 Å². The van der Waals surface area contributed by atoms with Gasteiger partial charge in [0, 0.05) is 5.02 Å². The molecule has 2 aromatic carbocycles. The Morgan fingerprint density at radius 1 is 1.05 bits per heavy atom. The molecule has 0 aliphatic heterocycles. The van der Waals surface area contributed by atoms with Gasteiger partial charge in [-0.15, -0.1) is 0 Å². The summed E-state index contributed by atoms with van der Waals surface area (Å²) < 4.78 is 24.6. The highest BCUT2D eigenvalue weighted by Crippen LogP contribution is 2.29. The third-order valence-corrected chi connectivity index (χ3v) is 3.73. The number of nitrogens with zero attached hydrogens (tertiary/aromatic N) is 1. The number of hydrogen-bond donors (Lipinski definition) is 1. The van der Waals surface area contributed by atoms with Gasteiger partial charge in [0.05, 0.1) is 11.4 Å². The summed E-state index contributed by atoms with van der Waals surface area (Å²) in [6.07, 6.45) is 0. The van der Waals surface area contributed by atoms with Crippen LogP contribution in [0.4, 0.5) is 11.4 Å². The highest BCUT2D eigenvalue weighted by Gasteiger charge is 2.20. The van der Waals surface area contributed by atoms with Crippen LogP contribution in [0, 0.1) is 6.92 Å². The predicted octanol–water partition coefficient (Wildman–Crippen LogP) is 2.99. The van der Waals surface area contributed by atoms with Crippen molar-refractivity contribution in [2.45, 2.75) is 6.92 Å². The summed E-state index contributed by atoms with van der Waals surface area (Å²) in [6, 6.07) is 13.5. The largest absolute Gasteiger partial charge is 0.303 e. The summed E-state index contributed by atoms with van der Waals surface area (Å²) in [6.45, 7) is 1.92. The molecule has 0 unspecified atom stereocenters. The molecule has 0 heterocycles. The lowest BCUT2D eigenvalue weighted by Gasteiger charge is -2.22. The van der Waals surface area contributed by atoms with Crippen LogP contribution in [-0.4, -0.2) is 8.42 Å². The molecule has 2 aromatic rings. The first-order chi connectivity index (χ1) is 8.88. The first-order valence-electron chi connectivity index (χ1n) is 5.53. The molecule has 0 atom stereocenters. The van der Waals surface area contributed by atoms with Crippen molar-refractivity contribution in [3.05, 3.63) is 59.1 Å². The fourth-order valence-electron chi connectivity index (χ4n) is 1.73. The fraction of sp³-hybridized carbons (Fsp3) is 0.0769. The Labute approximate surface area is 117 Å². The zero-order valence-corrected chi connectivity index (χ0v) is 11.8. The van der Waals surface area contributed by atoms with E-state index in [0.29, 0.717) is 16.4 Å². The fourth-order valence-corrected chi connectivity index (χ4v) is 2.73. The van der Waals surface area contributed by atoms with E-state index in [2.05, 4.69) is 0 Å². The van der Waals surface area contributed by atoms with E-state index in [1.807, 2.05) is 19.1 Å². The van der Waals surface area contributed by atoms with Crippen LogP contribution < -0.4 is 9.44 Å². The highest BCUT2D eigenvalue weighted by atomic mass is 35.5. The number of rotatable bonds is 3. The molecule has 4 nitrogen and oxygen atoms in total. The molecule has 0 bridgehead atoms. The molecule has 100 valence electrons. The molecule has 0 aliphatic rings. The molecule has 6 heteroatoms. The molecule has 0 amide bonds. The van der Waals surface area contributed by atoms with Crippen LogP contribution in [0.25, 0.3) is 0 Å². The molecule has 0 aliphatic carbocycles. The van der Waals surface area contributed by atoms with Gasteiger partial charge in [0.1, 0.15) is 0 Å². The normalized spacial score (nSPS) is 11.3. The van der Waals surface area contributed by atoms with Crippen LogP contribution in [-0.2, 0) is 10.2 Å². The van der Waals surface area contributed by atoms with Crippen LogP contribution in [0.5, 0.6) is 0 Å². The van der Waals surface area contributed by atoms with Gasteiger partial charge in [0.2, 0.25) is 0 Å². The molecule has 0 aromatic heterocycles. The van der Waals surface area contributed by atoms with E-state index in [9.17, 15) is 8.42 Å². The van der Waals surface area contributed by atoms with Crippen LogP contribution in [0.2, 0.25) is 5.02 Å². The Balaban J connectivity index is 2.57. The Morgan fingerprint density at radius 3 is 2.21 bits per heavy atom. The monoisotopic (exact) mass is 296 g/mol. The van der Waals surface area contributed by atoms with Crippen LogP contribution >= 0.6 is 11.6 Å². The van der Waals surface area contributed by atoms with Crippen molar-refractivity contribution in [1.29, 1.82) is 0 Å². The predicted molar refractivity (Wildman–Crippen MR) is 77.9 cm³/mol. The summed E-state index contributed by atoms with van der Waals surface area (Å²) in [5.41, 5.74) is 1.90. The molecule has 0 fully saturated rings. The molecular formula is C13H13ClN2O2S. The minimum absolute atomic E-state index is 0.402. The van der Waals surface area contributed by atoms with Crippen molar-refractivity contribution in [1.82, 2.24) is 0 Å². The smallest absolute Gasteiger partial charge is 0.226 e. The van der Waals surface area contributed by atoms with Gasteiger partial charge in [-0.1, -0.05) is 35.4 Å². The molecular weight excluding hydrogens is 284 g/mol. The first-order valence-corrected chi connectivity index (χ1v) is 7.41. The van der Waals surface area contributed by atoms with Gasteiger partial charge < -0.3 is 0 Å². The third-order valence-electron chi connectivity index (χ3n) is 2.57. The number of hydrogen-bond acceptors (Lipinski definition) is 2. The second-order valence-corrected chi connectivity index (χ2v) is 5.96. The van der Waals surface area contributed by atoms with Gasteiger partial charge in [-0.05, 0) is 37.3 Å². The Hall–Kier alpha value is -1.56. The topological polar surface area (TPSA) is 63.4 Å². The highest BCUT2D eigenvalue weighted by molar-refractivity contribution is 7.90. The third kappa shape index (κ3) is 3.26. The minimum Gasteiger partial charge on any atom is -0.226 e. The Morgan fingerprint density at radius 2 is 1.68 bits per heavy atom. The summed E-state index contributed by atoms with van der Waals surface area (Å²) in [4.78, 5) is 0. The Bertz CT molecular complexity index is 684. The molecule has 0 saturated carbocycles. The van der Waals surface area contributed by atoms with Crippen molar-refractivity contribution in [3.8, 4) is 0 Å². The van der Waals surface area contributed by atoms with Gasteiger partial charge in [0.25, 0.3) is 0 Å². The zero-order chi connectivity index (χ0) is 14.0. The van der Waals surface area contributed by atoms with E-state index in [1.165, 1.54) is 0 Å². The number of nitrogens with two attached hydrogens (primary N) is 1. The van der Waals surface area contributed by atoms with E-state index in [0.717, 1.165) is 9.87 Å². The summed E-state index contributed by atoms with van der Waals surface area (Å²) in [5.74, 6) is 0. The van der Waals surface area contributed by atoms with E-state index in [-0.39, 0.29) is 0 Å². The molecule has 2 N–H and O–H groups in total. The standard InChI is InChI=1S/C13H13ClN2O2S/c1-10-5-7-12(8-6-10)16(19(15,17)18)13-4-2-3-11(14)9-13/h2-9H,1H3,(H2,15,17,18). The second-order valence-electron chi connectivity index (χ2n) is 4.12. The van der Waals surface area contributed by atoms with Gasteiger partial charge in [0.15, 0.2) is 0 Å². The van der Waals surface area contributed by atoms with Crippen LogP contribution in [0.1, 0.15) is 5.56 Å². The SMILES string of the molecule is Cc1ccc(N(c2cccc(Cl)c2)S(N)(=O)=O)cc1. The van der Waals surface area contributed by atoms with Crippen molar-refractivity contribution in [2.75, 3.05) is 4.31 Å². The van der Waals surface area contributed by atoms with Gasteiger partial charge in [-0.3, -0.25) is 0 Å².